The summed E-state index contributed by atoms with van der Waals surface area (Å²) >= 11 is 0. The molecule has 1 saturated heterocycles. The molecule has 0 radical (unpaired) electrons. The highest BCUT2D eigenvalue weighted by Gasteiger charge is 2.25. The maximum absolute atomic E-state index is 11.8. The van der Waals surface area contributed by atoms with E-state index in [0.717, 1.165) is 0 Å². The van der Waals surface area contributed by atoms with Crippen molar-refractivity contribution in [3.05, 3.63) is 0 Å². The molecule has 1 aliphatic heterocycles. The number of carbonyl (C=O) groups excluding carboxylic acids is 1. The van der Waals surface area contributed by atoms with Gasteiger partial charge in [0.15, 0.2) is 9.84 Å². The van der Waals surface area contributed by atoms with Crippen LogP contribution in [0.4, 0.5) is 0 Å². The molecule has 112 valence electrons. The normalized spacial score (nSPS) is 19.4. The second-order valence-corrected chi connectivity index (χ2v) is 7.27. The zero-order valence-corrected chi connectivity index (χ0v) is 12.5. The van der Waals surface area contributed by atoms with Crippen molar-refractivity contribution in [3.8, 4) is 0 Å². The van der Waals surface area contributed by atoms with Gasteiger partial charge in [0.2, 0.25) is 5.91 Å². The quantitative estimate of drug-likeness (QED) is 0.703. The second-order valence-electron chi connectivity index (χ2n) is 4.92. The molecule has 19 heavy (non-hydrogen) atoms. The molecule has 0 aromatic rings. The van der Waals surface area contributed by atoms with Crippen LogP contribution in [0.3, 0.4) is 0 Å². The van der Waals surface area contributed by atoms with E-state index in [0.29, 0.717) is 39.1 Å². The third kappa shape index (κ3) is 5.46. The van der Waals surface area contributed by atoms with E-state index in [4.69, 9.17) is 0 Å². The number of sulfone groups is 1. The fraction of sp³-hybridized carbons (Fsp3) is 0.917. The maximum Gasteiger partial charge on any atom is 0.237 e. The van der Waals surface area contributed by atoms with Crippen molar-refractivity contribution in [2.24, 2.45) is 0 Å². The molecule has 0 aromatic heterocycles. The van der Waals surface area contributed by atoms with E-state index in [1.807, 2.05) is 6.92 Å². The Morgan fingerprint density at radius 3 is 2.26 bits per heavy atom. The van der Waals surface area contributed by atoms with Crippen LogP contribution in [0.5, 0.6) is 0 Å². The Hall–Kier alpha value is -0.660. The minimum Gasteiger partial charge on any atom is -0.392 e. The van der Waals surface area contributed by atoms with Crippen molar-refractivity contribution in [3.63, 3.8) is 0 Å². The number of nitrogens with zero attached hydrogens (tertiary/aromatic N) is 2. The van der Waals surface area contributed by atoms with Gasteiger partial charge in [0, 0.05) is 38.5 Å². The fourth-order valence-corrected chi connectivity index (χ4v) is 2.75. The van der Waals surface area contributed by atoms with Crippen LogP contribution in [0.1, 0.15) is 20.3 Å². The van der Waals surface area contributed by atoms with Crippen LogP contribution in [0, 0.1) is 0 Å². The zero-order valence-electron chi connectivity index (χ0n) is 11.7. The van der Waals surface area contributed by atoms with E-state index in [9.17, 15) is 18.3 Å². The Bertz CT molecular complexity index is 389. The molecule has 1 amide bonds. The molecule has 1 rings (SSSR count). The number of rotatable bonds is 6. The van der Waals surface area contributed by atoms with Crippen molar-refractivity contribution < 1.29 is 18.3 Å². The van der Waals surface area contributed by atoms with E-state index in [2.05, 4.69) is 4.90 Å². The molecule has 1 fully saturated rings. The van der Waals surface area contributed by atoms with Crippen LogP contribution in [0.2, 0.25) is 0 Å². The summed E-state index contributed by atoms with van der Waals surface area (Å²) in [5, 5.41) is 9.57. The molecule has 1 atom stereocenters. The number of hydrogen-bond acceptors (Lipinski definition) is 5. The molecule has 1 aliphatic rings. The summed E-state index contributed by atoms with van der Waals surface area (Å²) in [7, 11) is -3.25. The minimum atomic E-state index is -3.25. The first kappa shape index (κ1) is 16.4. The first-order valence-electron chi connectivity index (χ1n) is 6.76. The smallest absolute Gasteiger partial charge is 0.237 e. The van der Waals surface area contributed by atoms with Gasteiger partial charge in [0.25, 0.3) is 0 Å². The third-order valence-corrected chi connectivity index (χ3v) is 5.01. The highest BCUT2D eigenvalue weighted by atomic mass is 32.2. The SMILES string of the molecule is CC[C@@H](O)CN1CCN(C(=O)CS(=O)(=O)CC)CC1. The Morgan fingerprint density at radius 1 is 1.21 bits per heavy atom. The topological polar surface area (TPSA) is 77.9 Å². The monoisotopic (exact) mass is 292 g/mol. The zero-order chi connectivity index (χ0) is 14.5. The Kier molecular flexibility index (Phi) is 6.22. The number of amides is 1. The van der Waals surface area contributed by atoms with Gasteiger partial charge in [0.1, 0.15) is 5.75 Å². The Balaban J connectivity index is 2.39. The van der Waals surface area contributed by atoms with Gasteiger partial charge in [-0.2, -0.15) is 0 Å². The van der Waals surface area contributed by atoms with Crippen molar-refractivity contribution in [1.82, 2.24) is 9.80 Å². The number of aliphatic hydroxyl groups is 1. The largest absolute Gasteiger partial charge is 0.392 e. The molecule has 0 aromatic carbocycles. The van der Waals surface area contributed by atoms with Gasteiger partial charge < -0.3 is 10.0 Å². The molecule has 0 aliphatic carbocycles. The fourth-order valence-electron chi connectivity index (χ4n) is 1.99. The van der Waals surface area contributed by atoms with Gasteiger partial charge in [-0.05, 0) is 6.42 Å². The predicted molar refractivity (Wildman–Crippen MR) is 73.6 cm³/mol. The first-order chi connectivity index (χ1) is 8.88. The summed E-state index contributed by atoms with van der Waals surface area (Å²) in [6, 6.07) is 0. The molecular formula is C12H24N2O4S. The molecule has 0 unspecified atom stereocenters. The minimum absolute atomic E-state index is 0.00139. The lowest BCUT2D eigenvalue weighted by Gasteiger charge is -2.35. The number of piperazine rings is 1. The molecule has 7 heteroatoms. The predicted octanol–water partition coefficient (Wildman–Crippen LogP) is -0.664. The Labute approximate surface area is 115 Å². The lowest BCUT2D eigenvalue weighted by Crippen LogP contribution is -2.51. The average molecular weight is 292 g/mol. The van der Waals surface area contributed by atoms with Crippen LogP contribution < -0.4 is 0 Å². The van der Waals surface area contributed by atoms with Crippen LogP contribution >= 0.6 is 0 Å². The summed E-state index contributed by atoms with van der Waals surface area (Å²) in [5.74, 6) is -0.694. The third-order valence-electron chi connectivity index (χ3n) is 3.45. The molecule has 0 bridgehead atoms. The van der Waals surface area contributed by atoms with Crippen molar-refractivity contribution in [2.75, 3.05) is 44.2 Å². The summed E-state index contributed by atoms with van der Waals surface area (Å²) in [5.41, 5.74) is 0. The van der Waals surface area contributed by atoms with Gasteiger partial charge in [-0.25, -0.2) is 8.42 Å². The van der Waals surface area contributed by atoms with Crippen LogP contribution in [0.25, 0.3) is 0 Å². The van der Waals surface area contributed by atoms with Crippen molar-refractivity contribution >= 4 is 15.7 Å². The van der Waals surface area contributed by atoms with Crippen LogP contribution in [-0.2, 0) is 14.6 Å². The molecule has 1 N–H and O–H groups in total. The molecule has 0 saturated carbocycles. The Morgan fingerprint density at radius 2 is 1.79 bits per heavy atom. The lowest BCUT2D eigenvalue weighted by molar-refractivity contribution is -0.130. The number of β-amino-alcohol motifs (C(OH)–C–C–N with tert-alkyl or cyclic N) is 1. The van der Waals surface area contributed by atoms with Gasteiger partial charge in [-0.3, -0.25) is 9.69 Å². The summed E-state index contributed by atoms with van der Waals surface area (Å²) in [4.78, 5) is 15.5. The lowest BCUT2D eigenvalue weighted by atomic mass is 10.2. The van der Waals surface area contributed by atoms with Crippen molar-refractivity contribution in [1.29, 1.82) is 0 Å². The van der Waals surface area contributed by atoms with Gasteiger partial charge in [0.05, 0.1) is 6.10 Å². The van der Waals surface area contributed by atoms with Crippen LogP contribution in [0.15, 0.2) is 0 Å². The number of carbonyl (C=O) groups is 1. The first-order valence-corrected chi connectivity index (χ1v) is 8.58. The molecule has 1 heterocycles. The highest BCUT2D eigenvalue weighted by Crippen LogP contribution is 2.05. The van der Waals surface area contributed by atoms with E-state index in [1.165, 1.54) is 0 Å². The number of aliphatic hydroxyl groups excluding tert-OH is 1. The number of hydrogen-bond donors (Lipinski definition) is 1. The van der Waals surface area contributed by atoms with Gasteiger partial charge >= 0.3 is 0 Å². The molecule has 6 nitrogen and oxygen atoms in total. The standard InChI is InChI=1S/C12H24N2O4S/c1-3-11(15)9-13-5-7-14(8-6-13)12(16)10-19(17,18)4-2/h11,15H,3-10H2,1-2H3/t11-/m1/s1. The summed E-state index contributed by atoms with van der Waals surface area (Å²) in [6.45, 7) is 6.55. The van der Waals surface area contributed by atoms with Gasteiger partial charge in [-0.15, -0.1) is 0 Å². The van der Waals surface area contributed by atoms with Gasteiger partial charge in [-0.1, -0.05) is 13.8 Å². The molecule has 0 spiro atoms. The van der Waals surface area contributed by atoms with Crippen LogP contribution in [-0.4, -0.2) is 79.6 Å². The van der Waals surface area contributed by atoms with E-state index in [1.54, 1.807) is 11.8 Å². The maximum atomic E-state index is 11.8. The van der Waals surface area contributed by atoms with E-state index < -0.39 is 9.84 Å². The van der Waals surface area contributed by atoms with Crippen molar-refractivity contribution in [2.45, 2.75) is 26.4 Å². The summed E-state index contributed by atoms with van der Waals surface area (Å²) in [6.07, 6.45) is 0.385. The average Bonchev–Trinajstić information content (AvgIpc) is 2.39. The second kappa shape index (κ2) is 7.21. The molecular weight excluding hydrogens is 268 g/mol. The van der Waals surface area contributed by atoms with E-state index >= 15 is 0 Å². The highest BCUT2D eigenvalue weighted by molar-refractivity contribution is 7.92. The van der Waals surface area contributed by atoms with E-state index in [-0.39, 0.29) is 23.5 Å². The summed E-state index contributed by atoms with van der Waals surface area (Å²) < 4.78 is 22.8.